The number of fused-ring (bicyclic) bond motifs is 1. The molecule has 0 aromatic heterocycles. The van der Waals surface area contributed by atoms with Crippen molar-refractivity contribution in [1.82, 2.24) is 0 Å². The molecule has 0 aliphatic rings. The van der Waals surface area contributed by atoms with Crippen LogP contribution in [-0.2, 0) is 0 Å². The minimum absolute atomic E-state index is 0.274. The van der Waals surface area contributed by atoms with Crippen molar-refractivity contribution < 1.29 is 0 Å². The van der Waals surface area contributed by atoms with Crippen LogP contribution in [0.5, 0.6) is 0 Å². The zero-order chi connectivity index (χ0) is 13.1. The molecule has 0 heterocycles. The highest BCUT2D eigenvalue weighted by Crippen LogP contribution is 2.24. The van der Waals surface area contributed by atoms with Gasteiger partial charge >= 0.3 is 0 Å². The van der Waals surface area contributed by atoms with E-state index >= 15 is 0 Å². The Labute approximate surface area is 116 Å². The zero-order valence-electron chi connectivity index (χ0n) is 11.2. The number of hydrogen-bond donors (Lipinski definition) is 0. The van der Waals surface area contributed by atoms with Crippen molar-refractivity contribution in [3.63, 3.8) is 0 Å². The lowest BCUT2D eigenvalue weighted by Crippen LogP contribution is -2.19. The Balaban J connectivity index is 1.96. The maximum atomic E-state index is 2.38. The third-order valence-electron chi connectivity index (χ3n) is 3.74. The second kappa shape index (κ2) is 5.41. The fourth-order valence-electron chi connectivity index (χ4n) is 2.76. The second-order valence-electron chi connectivity index (χ2n) is 5.16. The average molecular weight is 262 g/mol. The molecule has 1 heteroatoms. The molecule has 0 unspecified atom stereocenters. The smallest absolute Gasteiger partial charge is 0.0621 e. The van der Waals surface area contributed by atoms with Crippen molar-refractivity contribution in [3.05, 3.63) is 78.4 Å². The molecule has 19 heavy (non-hydrogen) atoms. The lowest BCUT2D eigenvalue weighted by atomic mass is 10.0. The van der Waals surface area contributed by atoms with Crippen LogP contribution >= 0.6 is 0 Å². The van der Waals surface area contributed by atoms with Gasteiger partial charge in [0.15, 0.2) is 0 Å². The van der Waals surface area contributed by atoms with E-state index in [1.54, 1.807) is 5.19 Å². The summed E-state index contributed by atoms with van der Waals surface area (Å²) in [6.07, 6.45) is 0. The van der Waals surface area contributed by atoms with E-state index in [0.717, 1.165) is 0 Å². The van der Waals surface area contributed by atoms with E-state index in [1.165, 1.54) is 16.3 Å². The van der Waals surface area contributed by atoms with Crippen molar-refractivity contribution >= 4 is 25.5 Å². The Morgan fingerprint density at radius 1 is 0.737 bits per heavy atom. The highest BCUT2D eigenvalue weighted by Gasteiger charge is 2.10. The molecule has 0 radical (unpaired) electrons. The summed E-state index contributed by atoms with van der Waals surface area (Å²) in [6.45, 7) is 2.38. The summed E-state index contributed by atoms with van der Waals surface area (Å²) in [5.41, 5.74) is 2.18. The maximum absolute atomic E-state index is 2.38. The lowest BCUT2D eigenvalue weighted by Gasteiger charge is -2.14. The fourth-order valence-corrected chi connectivity index (χ4v) is 4.59. The Hall–Kier alpha value is -1.86. The molecule has 0 fully saturated rings. The van der Waals surface area contributed by atoms with Crippen molar-refractivity contribution in [1.29, 1.82) is 0 Å². The first-order valence-corrected chi connectivity index (χ1v) is 8.38. The van der Waals surface area contributed by atoms with Gasteiger partial charge in [0.25, 0.3) is 0 Å². The van der Waals surface area contributed by atoms with Crippen LogP contribution in [0, 0.1) is 0 Å². The summed E-state index contributed by atoms with van der Waals surface area (Å²) in [4.78, 5) is 0. The van der Waals surface area contributed by atoms with Crippen molar-refractivity contribution in [2.75, 3.05) is 0 Å². The predicted molar refractivity (Wildman–Crippen MR) is 87.0 cm³/mol. The fraction of sp³-hybridized carbons (Fsp3) is 0.111. The van der Waals surface area contributed by atoms with Gasteiger partial charge in [-0.3, -0.25) is 0 Å². The minimum atomic E-state index is -0.274. The highest BCUT2D eigenvalue weighted by atomic mass is 28.2. The summed E-state index contributed by atoms with van der Waals surface area (Å²) in [5.74, 6) is 0. The molecular weight excluding hydrogens is 244 g/mol. The lowest BCUT2D eigenvalue weighted by molar-refractivity contribution is 1.09. The molecule has 0 saturated heterocycles. The number of benzene rings is 3. The second-order valence-corrected chi connectivity index (χ2v) is 7.61. The topological polar surface area (TPSA) is 0 Å². The standard InChI is InChI=1S/C18H18Si/c1-14(19-16-10-3-2-4-11-16)17-13-7-9-15-8-5-6-12-18(15)17/h2-14H,19H2,1H3/t14-/m0/s1. The normalized spacial score (nSPS) is 13.1. The Morgan fingerprint density at radius 2 is 1.42 bits per heavy atom. The molecule has 0 bridgehead atoms. The van der Waals surface area contributed by atoms with E-state index < -0.39 is 0 Å². The first kappa shape index (κ1) is 12.2. The molecule has 3 aromatic rings. The Kier molecular flexibility index (Phi) is 3.47. The minimum Gasteiger partial charge on any atom is -0.0663 e. The number of rotatable bonds is 3. The van der Waals surface area contributed by atoms with Crippen molar-refractivity contribution in [2.45, 2.75) is 12.5 Å². The van der Waals surface area contributed by atoms with Crippen LogP contribution in [-0.4, -0.2) is 9.52 Å². The van der Waals surface area contributed by atoms with Gasteiger partial charge in [-0.2, -0.15) is 0 Å². The van der Waals surface area contributed by atoms with Crippen molar-refractivity contribution in [2.24, 2.45) is 0 Å². The van der Waals surface area contributed by atoms with E-state index in [9.17, 15) is 0 Å². The summed E-state index contributed by atoms with van der Waals surface area (Å²) in [6, 6.07) is 26.3. The van der Waals surface area contributed by atoms with Gasteiger partial charge in [0.2, 0.25) is 0 Å². The molecule has 0 aliphatic heterocycles. The predicted octanol–water partition coefficient (Wildman–Crippen LogP) is 3.40. The van der Waals surface area contributed by atoms with E-state index in [1.807, 2.05) is 0 Å². The SMILES string of the molecule is C[C@H]([SiH2]c1ccccc1)c1cccc2ccccc12. The van der Waals surface area contributed by atoms with E-state index in [0.29, 0.717) is 5.54 Å². The van der Waals surface area contributed by atoms with Gasteiger partial charge in [-0.25, -0.2) is 0 Å². The van der Waals surface area contributed by atoms with Crippen molar-refractivity contribution in [3.8, 4) is 0 Å². The molecule has 0 spiro atoms. The Morgan fingerprint density at radius 3 is 2.26 bits per heavy atom. The third-order valence-corrected chi connectivity index (χ3v) is 5.73. The van der Waals surface area contributed by atoms with Gasteiger partial charge in [-0.15, -0.1) is 0 Å². The van der Waals surface area contributed by atoms with E-state index in [4.69, 9.17) is 0 Å². The van der Waals surface area contributed by atoms with Crippen LogP contribution in [0.2, 0.25) is 0 Å². The van der Waals surface area contributed by atoms with Crippen LogP contribution in [0.15, 0.2) is 72.8 Å². The van der Waals surface area contributed by atoms with Crippen LogP contribution in [0.25, 0.3) is 10.8 Å². The summed E-state index contributed by atoms with van der Waals surface area (Å²) in [7, 11) is -0.274. The molecule has 0 aliphatic carbocycles. The highest BCUT2D eigenvalue weighted by molar-refractivity contribution is 6.55. The molecule has 3 rings (SSSR count). The van der Waals surface area contributed by atoms with E-state index in [2.05, 4.69) is 79.7 Å². The van der Waals surface area contributed by atoms with Gasteiger partial charge < -0.3 is 0 Å². The molecule has 1 atom stereocenters. The molecule has 0 saturated carbocycles. The van der Waals surface area contributed by atoms with Gasteiger partial charge in [0.05, 0.1) is 9.52 Å². The van der Waals surface area contributed by atoms with Gasteiger partial charge in [-0.05, 0) is 21.9 Å². The molecule has 3 aromatic carbocycles. The summed E-state index contributed by atoms with van der Waals surface area (Å²) in [5, 5.41) is 4.32. The zero-order valence-corrected chi connectivity index (χ0v) is 12.6. The van der Waals surface area contributed by atoms with Gasteiger partial charge in [0, 0.05) is 0 Å². The summed E-state index contributed by atoms with van der Waals surface area (Å²) < 4.78 is 0. The Bertz CT molecular complexity index is 668. The maximum Gasteiger partial charge on any atom is 0.0621 e. The molecule has 0 amide bonds. The summed E-state index contributed by atoms with van der Waals surface area (Å²) >= 11 is 0. The van der Waals surface area contributed by atoms with Gasteiger partial charge in [0.1, 0.15) is 0 Å². The van der Waals surface area contributed by atoms with Crippen LogP contribution in [0.4, 0.5) is 0 Å². The van der Waals surface area contributed by atoms with Crippen LogP contribution in [0.1, 0.15) is 18.0 Å². The molecule has 94 valence electrons. The molecule has 0 nitrogen and oxygen atoms in total. The van der Waals surface area contributed by atoms with Gasteiger partial charge in [-0.1, -0.05) is 84.9 Å². The monoisotopic (exact) mass is 262 g/mol. The van der Waals surface area contributed by atoms with Crippen LogP contribution in [0.3, 0.4) is 0 Å². The number of hydrogen-bond acceptors (Lipinski definition) is 0. The molecular formula is C18H18Si. The third kappa shape index (κ3) is 2.61. The van der Waals surface area contributed by atoms with E-state index in [-0.39, 0.29) is 9.52 Å². The quantitative estimate of drug-likeness (QED) is 0.635. The largest absolute Gasteiger partial charge is 0.0663 e. The first-order chi connectivity index (χ1) is 9.34. The van der Waals surface area contributed by atoms with Crippen LogP contribution < -0.4 is 5.19 Å². The first-order valence-electron chi connectivity index (χ1n) is 6.86. The molecule has 0 N–H and O–H groups in total. The average Bonchev–Trinajstić information content (AvgIpc) is 2.47.